The maximum Gasteiger partial charge on any atom is 0.0726 e. The van der Waals surface area contributed by atoms with Crippen LogP contribution in [0.1, 0.15) is 11.1 Å². The molecule has 2 aromatic carbocycles. The molecule has 0 unspecified atom stereocenters. The molecular formula is C18H26N4OS. The lowest BCUT2D eigenvalue weighted by Gasteiger charge is -2.20. The Morgan fingerprint density at radius 3 is 2.46 bits per heavy atom. The third-order valence-electron chi connectivity index (χ3n) is 3.40. The Labute approximate surface area is 149 Å². The number of anilines is 2. The average molecular weight is 346 g/mol. The summed E-state index contributed by atoms with van der Waals surface area (Å²) in [6.45, 7) is 5.83. The third-order valence-corrected chi connectivity index (χ3v) is 3.68. The number of benzene rings is 2. The van der Waals surface area contributed by atoms with Crippen molar-refractivity contribution in [3.05, 3.63) is 66.4 Å². The zero-order valence-corrected chi connectivity index (χ0v) is 15.3. The van der Waals surface area contributed by atoms with Gasteiger partial charge in [0.2, 0.25) is 0 Å². The van der Waals surface area contributed by atoms with Crippen molar-refractivity contribution in [1.82, 2.24) is 5.01 Å². The molecule has 6 heteroatoms. The first kappa shape index (κ1) is 19.9. The quantitative estimate of drug-likeness (QED) is 0.378. The molecule has 0 aliphatic carbocycles. The monoisotopic (exact) mass is 346 g/mol. The van der Waals surface area contributed by atoms with Gasteiger partial charge in [-0.25, -0.2) is 5.84 Å². The van der Waals surface area contributed by atoms with Crippen molar-refractivity contribution >= 4 is 24.0 Å². The molecule has 2 rings (SSSR count). The van der Waals surface area contributed by atoms with Gasteiger partial charge in [-0.1, -0.05) is 24.8 Å². The van der Waals surface area contributed by atoms with Gasteiger partial charge in [0.25, 0.3) is 0 Å². The van der Waals surface area contributed by atoms with Crippen LogP contribution in [0.5, 0.6) is 0 Å². The van der Waals surface area contributed by atoms with Crippen molar-refractivity contribution < 1.29 is 5.21 Å². The van der Waals surface area contributed by atoms with E-state index in [-0.39, 0.29) is 0 Å². The van der Waals surface area contributed by atoms with Gasteiger partial charge in [-0.3, -0.25) is 10.3 Å². The molecule has 0 fully saturated rings. The lowest BCUT2D eigenvalue weighted by Crippen LogP contribution is -2.19. The molecule has 0 saturated heterocycles. The first-order chi connectivity index (χ1) is 11.4. The van der Waals surface area contributed by atoms with E-state index in [2.05, 4.69) is 24.5 Å². The van der Waals surface area contributed by atoms with Gasteiger partial charge >= 0.3 is 0 Å². The molecule has 0 saturated carbocycles. The summed E-state index contributed by atoms with van der Waals surface area (Å²) < 4.78 is 0. The Balaban J connectivity index is 0.000000505. The Kier molecular flexibility index (Phi) is 8.18. The Bertz CT molecular complexity index is 661. The Morgan fingerprint density at radius 2 is 1.92 bits per heavy atom. The highest BCUT2D eigenvalue weighted by atomic mass is 32.1. The van der Waals surface area contributed by atoms with Gasteiger partial charge in [0.05, 0.1) is 12.2 Å². The molecule has 5 nitrogen and oxygen atoms in total. The lowest BCUT2D eigenvalue weighted by atomic mass is 10.1. The first-order valence-electron chi connectivity index (χ1n) is 7.50. The van der Waals surface area contributed by atoms with E-state index in [0.29, 0.717) is 6.54 Å². The molecule has 0 amide bonds. The molecule has 0 aliphatic rings. The van der Waals surface area contributed by atoms with E-state index in [4.69, 9.17) is 5.84 Å². The summed E-state index contributed by atoms with van der Waals surface area (Å²) >= 11 is 4.28. The molecule has 0 heterocycles. The van der Waals surface area contributed by atoms with Crippen LogP contribution < -0.4 is 16.2 Å². The van der Waals surface area contributed by atoms with Crippen LogP contribution >= 0.6 is 12.6 Å². The predicted molar refractivity (Wildman–Crippen MR) is 105 cm³/mol. The fourth-order valence-electron chi connectivity index (χ4n) is 2.04. The predicted octanol–water partition coefficient (Wildman–Crippen LogP) is 3.66. The molecule has 0 spiro atoms. The van der Waals surface area contributed by atoms with Crippen molar-refractivity contribution in [2.24, 2.45) is 5.84 Å². The third kappa shape index (κ3) is 6.16. The summed E-state index contributed by atoms with van der Waals surface area (Å²) in [4.78, 5) is 0.829. The fourth-order valence-corrected chi connectivity index (χ4v) is 2.26. The smallest absolute Gasteiger partial charge is 0.0726 e. The van der Waals surface area contributed by atoms with Gasteiger partial charge in [0.1, 0.15) is 0 Å². The zero-order valence-electron chi connectivity index (χ0n) is 14.4. The van der Waals surface area contributed by atoms with E-state index in [0.717, 1.165) is 27.4 Å². The van der Waals surface area contributed by atoms with E-state index in [9.17, 15) is 5.21 Å². The van der Waals surface area contributed by atoms with Crippen LogP contribution in [0, 0.1) is 6.92 Å². The van der Waals surface area contributed by atoms with E-state index < -0.39 is 0 Å². The molecule has 130 valence electrons. The topological polar surface area (TPSA) is 64.8 Å². The minimum atomic E-state index is 0.431. The second kappa shape index (κ2) is 9.87. The van der Waals surface area contributed by atoms with Crippen LogP contribution in [0.2, 0.25) is 0 Å². The standard InChI is InChI=1S/C15H18N2OS.C3H8N2/c1-11-5-3-8-15(16-2)14(11)10-17(18)12-6-4-7-13(19)9-12;1-3-5(2)4/h3-9,16,18-19H,10H2,1-2H3;3H,1,4H2,2H3. The molecule has 4 N–H and O–H groups in total. The van der Waals surface area contributed by atoms with Crippen molar-refractivity contribution in [3.8, 4) is 0 Å². The molecule has 0 aliphatic heterocycles. The van der Waals surface area contributed by atoms with E-state index in [1.807, 2.05) is 56.4 Å². The van der Waals surface area contributed by atoms with Gasteiger partial charge in [-0.15, -0.1) is 12.6 Å². The highest BCUT2D eigenvalue weighted by Crippen LogP contribution is 2.24. The number of thiol groups is 1. The van der Waals surface area contributed by atoms with Gasteiger partial charge in [-0.2, -0.15) is 0 Å². The van der Waals surface area contributed by atoms with Crippen LogP contribution in [0.25, 0.3) is 0 Å². The zero-order chi connectivity index (χ0) is 18.1. The van der Waals surface area contributed by atoms with Gasteiger partial charge < -0.3 is 10.3 Å². The normalized spacial score (nSPS) is 9.58. The van der Waals surface area contributed by atoms with Gasteiger partial charge in [-0.05, 0) is 36.8 Å². The molecule has 2 aromatic rings. The maximum atomic E-state index is 10.2. The summed E-state index contributed by atoms with van der Waals surface area (Å²) in [5.74, 6) is 5.01. The maximum absolute atomic E-state index is 10.2. The van der Waals surface area contributed by atoms with Crippen LogP contribution in [-0.2, 0) is 6.54 Å². The van der Waals surface area contributed by atoms with Crippen molar-refractivity contribution in [3.63, 3.8) is 0 Å². The SMILES string of the molecule is C=CN(C)N.CNc1cccc(C)c1CN(O)c1cccc(S)c1. The number of hydrogen-bond donors (Lipinski definition) is 4. The lowest BCUT2D eigenvalue weighted by molar-refractivity contribution is 0.249. The molecule has 0 radical (unpaired) electrons. The summed E-state index contributed by atoms with van der Waals surface area (Å²) in [5, 5.41) is 16.0. The second-order valence-corrected chi connectivity index (χ2v) is 5.79. The van der Waals surface area contributed by atoms with Crippen LogP contribution in [0.3, 0.4) is 0 Å². The van der Waals surface area contributed by atoms with Crippen molar-refractivity contribution in [1.29, 1.82) is 0 Å². The van der Waals surface area contributed by atoms with Crippen LogP contribution in [-0.4, -0.2) is 24.3 Å². The summed E-state index contributed by atoms with van der Waals surface area (Å²) in [7, 11) is 3.60. The molecule has 24 heavy (non-hydrogen) atoms. The summed E-state index contributed by atoms with van der Waals surface area (Å²) in [5.41, 5.74) is 3.99. The van der Waals surface area contributed by atoms with E-state index in [1.54, 1.807) is 7.05 Å². The first-order valence-corrected chi connectivity index (χ1v) is 7.95. The minimum Gasteiger partial charge on any atom is -0.388 e. The number of hydrogen-bond acceptors (Lipinski definition) is 6. The highest BCUT2D eigenvalue weighted by Gasteiger charge is 2.10. The fraction of sp³-hybridized carbons (Fsp3) is 0.222. The number of nitrogens with one attached hydrogen (secondary N) is 1. The largest absolute Gasteiger partial charge is 0.388 e. The van der Waals surface area contributed by atoms with Crippen LogP contribution in [0.4, 0.5) is 11.4 Å². The van der Waals surface area contributed by atoms with Gasteiger partial charge in [0.15, 0.2) is 0 Å². The molecule has 0 bridgehead atoms. The van der Waals surface area contributed by atoms with Crippen molar-refractivity contribution in [2.45, 2.75) is 18.4 Å². The second-order valence-electron chi connectivity index (χ2n) is 5.28. The van der Waals surface area contributed by atoms with E-state index >= 15 is 0 Å². The summed E-state index contributed by atoms with van der Waals surface area (Å²) in [6.07, 6.45) is 1.53. The number of nitrogens with two attached hydrogens (primary N) is 1. The number of nitrogens with zero attached hydrogens (tertiary/aromatic N) is 2. The molecule has 0 aromatic heterocycles. The summed E-state index contributed by atoms with van der Waals surface area (Å²) in [6, 6.07) is 13.5. The number of rotatable bonds is 5. The number of hydroxylamine groups is 1. The number of hydrazine groups is 1. The highest BCUT2D eigenvalue weighted by molar-refractivity contribution is 7.80. The molecule has 0 atom stereocenters. The van der Waals surface area contributed by atoms with Crippen molar-refractivity contribution in [2.75, 3.05) is 24.5 Å². The Morgan fingerprint density at radius 1 is 1.29 bits per heavy atom. The average Bonchev–Trinajstić information content (AvgIpc) is 2.57. The minimum absolute atomic E-state index is 0.431. The molecular weight excluding hydrogens is 320 g/mol. The number of aryl methyl sites for hydroxylation is 1. The van der Waals surface area contributed by atoms with Gasteiger partial charge in [0, 0.05) is 36.4 Å². The van der Waals surface area contributed by atoms with E-state index in [1.165, 1.54) is 16.3 Å². The Hall–Kier alpha value is -2.15. The van der Waals surface area contributed by atoms with Crippen LogP contribution in [0.15, 0.2) is 60.1 Å².